The van der Waals surface area contributed by atoms with Gasteiger partial charge in [0.05, 0.1) is 6.04 Å². The number of carbonyl (C=O) groups is 2. The zero-order valence-electron chi connectivity index (χ0n) is 16.8. The Hall–Kier alpha value is -1.53. The summed E-state index contributed by atoms with van der Waals surface area (Å²) in [5.74, 6) is 0.00693. The highest BCUT2D eigenvalue weighted by atomic mass is 28.4. The zero-order valence-corrected chi connectivity index (χ0v) is 17.8. The van der Waals surface area contributed by atoms with E-state index in [2.05, 4.69) is 46.5 Å². The molecule has 1 amide bonds. The molecule has 0 saturated carbocycles. The molecule has 0 spiro atoms. The van der Waals surface area contributed by atoms with Crippen LogP contribution in [0, 0.1) is 0 Å². The van der Waals surface area contributed by atoms with Crippen LogP contribution in [0.5, 0.6) is 0 Å². The summed E-state index contributed by atoms with van der Waals surface area (Å²) in [5, 5.41) is 0. The lowest BCUT2D eigenvalue weighted by atomic mass is 9.91. The van der Waals surface area contributed by atoms with Crippen LogP contribution in [0.25, 0.3) is 0 Å². The van der Waals surface area contributed by atoms with E-state index in [9.17, 15) is 9.59 Å². The van der Waals surface area contributed by atoms with Crippen LogP contribution in [-0.4, -0.2) is 43.0 Å². The highest BCUT2D eigenvalue weighted by molar-refractivity contribution is 6.77. The zero-order chi connectivity index (χ0) is 19.5. The molecule has 1 aliphatic rings. The van der Waals surface area contributed by atoms with Crippen LogP contribution in [0.3, 0.4) is 0 Å². The topological polar surface area (TPSA) is 59.5 Å². The van der Waals surface area contributed by atoms with E-state index >= 15 is 0 Å². The first kappa shape index (κ1) is 20.8. The molecule has 0 aliphatic carbocycles. The average Bonchev–Trinajstić information content (AvgIpc) is 2.59. The van der Waals surface area contributed by atoms with Crippen molar-refractivity contribution >= 4 is 20.5 Å². The van der Waals surface area contributed by atoms with Gasteiger partial charge in [0.25, 0.3) is 5.91 Å². The third kappa shape index (κ3) is 3.62. The fraction of sp³-hybridized carbons (Fsp3) is 0.650. The molecule has 0 N–H and O–H groups in total. The molecule has 5 nitrogen and oxygen atoms in total. The molecule has 2 heterocycles. The van der Waals surface area contributed by atoms with Gasteiger partial charge in [-0.15, -0.1) is 0 Å². The predicted molar refractivity (Wildman–Crippen MR) is 105 cm³/mol. The summed E-state index contributed by atoms with van der Waals surface area (Å²) in [6, 6.07) is 3.74. The highest BCUT2D eigenvalue weighted by Crippen LogP contribution is 2.47. The van der Waals surface area contributed by atoms with Gasteiger partial charge in [-0.05, 0) is 34.3 Å². The van der Waals surface area contributed by atoms with Crippen molar-refractivity contribution in [2.24, 2.45) is 0 Å². The first-order valence-electron chi connectivity index (χ1n) is 9.59. The van der Waals surface area contributed by atoms with Gasteiger partial charge in [-0.3, -0.25) is 9.78 Å². The van der Waals surface area contributed by atoms with Crippen LogP contribution in [0.2, 0.25) is 16.6 Å². The summed E-state index contributed by atoms with van der Waals surface area (Å²) >= 11 is 0. The van der Waals surface area contributed by atoms with E-state index in [-0.39, 0.29) is 11.9 Å². The monoisotopic (exact) mass is 376 g/mol. The van der Waals surface area contributed by atoms with Crippen LogP contribution in [-0.2, 0) is 14.0 Å². The van der Waals surface area contributed by atoms with Crippen LogP contribution in [0.1, 0.15) is 59.6 Å². The molecule has 0 radical (unpaired) electrons. The summed E-state index contributed by atoms with van der Waals surface area (Å²) in [6.07, 6.45) is 4.24. The van der Waals surface area contributed by atoms with E-state index in [1.165, 1.54) is 0 Å². The SMILES string of the molecule is CC(C)[Si](O[C@H]1C(=O)N(CCC=O)[C@H]1c1ccncc1)(C(C)C)C(C)C. The van der Waals surface area contributed by atoms with E-state index in [1.807, 2.05) is 12.1 Å². The number of rotatable bonds is 9. The maximum Gasteiger partial charge on any atom is 0.253 e. The van der Waals surface area contributed by atoms with Crippen molar-refractivity contribution < 1.29 is 14.0 Å². The molecule has 26 heavy (non-hydrogen) atoms. The van der Waals surface area contributed by atoms with E-state index in [0.29, 0.717) is 29.6 Å². The molecule has 0 unspecified atom stereocenters. The van der Waals surface area contributed by atoms with Crippen LogP contribution >= 0.6 is 0 Å². The van der Waals surface area contributed by atoms with Gasteiger partial charge in [-0.2, -0.15) is 0 Å². The number of aldehydes is 1. The lowest BCUT2D eigenvalue weighted by Gasteiger charge is -2.53. The van der Waals surface area contributed by atoms with E-state index in [0.717, 1.165) is 11.8 Å². The third-order valence-electron chi connectivity index (χ3n) is 5.72. The summed E-state index contributed by atoms with van der Waals surface area (Å²) in [6.45, 7) is 13.8. The fourth-order valence-corrected chi connectivity index (χ4v) is 10.1. The summed E-state index contributed by atoms with van der Waals surface area (Å²) in [5.41, 5.74) is 2.27. The van der Waals surface area contributed by atoms with Crippen LogP contribution in [0.15, 0.2) is 24.5 Å². The average molecular weight is 377 g/mol. The standard InChI is InChI=1S/C20H32N2O3Si/c1-14(2)26(15(3)4,16(5)6)25-19-18(17-8-10-21-11-9-17)22(20(19)24)12-7-13-23/h8-11,13-16,18-19H,7,12H2,1-6H3/t18-,19+/m0/s1. The quantitative estimate of drug-likeness (QED) is 0.370. The fourth-order valence-electron chi connectivity index (χ4n) is 4.62. The Morgan fingerprint density at radius 3 is 2.12 bits per heavy atom. The van der Waals surface area contributed by atoms with Gasteiger partial charge in [0.1, 0.15) is 12.4 Å². The van der Waals surface area contributed by atoms with Gasteiger partial charge in [0, 0.05) is 25.4 Å². The first-order valence-corrected chi connectivity index (χ1v) is 11.7. The number of aromatic nitrogens is 1. The maximum absolute atomic E-state index is 12.9. The molecule has 1 aromatic heterocycles. The Labute approximate surface area is 158 Å². The van der Waals surface area contributed by atoms with Gasteiger partial charge < -0.3 is 14.1 Å². The second-order valence-electron chi connectivity index (χ2n) is 8.07. The van der Waals surface area contributed by atoms with Crippen molar-refractivity contribution in [3.8, 4) is 0 Å². The maximum atomic E-state index is 12.9. The summed E-state index contributed by atoms with van der Waals surface area (Å²) in [7, 11) is -2.17. The summed E-state index contributed by atoms with van der Waals surface area (Å²) < 4.78 is 6.79. The summed E-state index contributed by atoms with van der Waals surface area (Å²) in [4.78, 5) is 29.6. The Kier molecular flexibility index (Phi) is 6.74. The molecule has 6 heteroatoms. The molecule has 0 aromatic carbocycles. The van der Waals surface area contributed by atoms with E-state index in [4.69, 9.17) is 4.43 Å². The van der Waals surface area contributed by atoms with Gasteiger partial charge in [0.15, 0.2) is 0 Å². The molecule has 0 bridgehead atoms. The second kappa shape index (κ2) is 8.44. The smallest absolute Gasteiger partial charge is 0.253 e. The van der Waals surface area contributed by atoms with Crippen LogP contribution in [0.4, 0.5) is 0 Å². The number of hydrogen-bond acceptors (Lipinski definition) is 4. The van der Waals surface area contributed by atoms with Crippen LogP contribution < -0.4 is 0 Å². The normalized spacial score (nSPS) is 20.8. The highest BCUT2D eigenvalue weighted by Gasteiger charge is 2.55. The lowest BCUT2D eigenvalue weighted by Crippen LogP contribution is -2.64. The van der Waals surface area contributed by atoms with E-state index < -0.39 is 14.4 Å². The molecule has 144 valence electrons. The Balaban J connectivity index is 2.36. The molecule has 1 aromatic rings. The third-order valence-corrected chi connectivity index (χ3v) is 11.8. The molecular formula is C20H32N2O3Si. The minimum atomic E-state index is -2.17. The number of carbonyl (C=O) groups excluding carboxylic acids is 2. The number of likely N-dealkylation sites (tertiary alicyclic amines) is 1. The minimum Gasteiger partial charge on any atom is -0.402 e. The molecular weight excluding hydrogens is 344 g/mol. The van der Waals surface area contributed by atoms with Crippen molar-refractivity contribution in [3.05, 3.63) is 30.1 Å². The molecule has 1 fully saturated rings. The van der Waals surface area contributed by atoms with Gasteiger partial charge in [0.2, 0.25) is 8.32 Å². The number of pyridine rings is 1. The number of hydrogen-bond donors (Lipinski definition) is 0. The van der Waals surface area contributed by atoms with Crippen molar-refractivity contribution in [2.45, 2.75) is 76.7 Å². The predicted octanol–water partition coefficient (Wildman–Crippen LogP) is 4.11. The Morgan fingerprint density at radius 1 is 1.12 bits per heavy atom. The largest absolute Gasteiger partial charge is 0.402 e. The minimum absolute atomic E-state index is 0.00693. The van der Waals surface area contributed by atoms with Crippen molar-refractivity contribution in [2.75, 3.05) is 6.54 Å². The van der Waals surface area contributed by atoms with Gasteiger partial charge >= 0.3 is 0 Å². The van der Waals surface area contributed by atoms with E-state index in [1.54, 1.807) is 17.3 Å². The van der Waals surface area contributed by atoms with Gasteiger partial charge in [-0.1, -0.05) is 41.5 Å². The molecule has 1 aliphatic heterocycles. The van der Waals surface area contributed by atoms with Crippen molar-refractivity contribution in [1.29, 1.82) is 0 Å². The Morgan fingerprint density at radius 2 is 1.65 bits per heavy atom. The first-order chi connectivity index (χ1) is 12.3. The second-order valence-corrected chi connectivity index (χ2v) is 13.5. The lowest BCUT2D eigenvalue weighted by molar-refractivity contribution is -0.165. The molecule has 2 rings (SSSR count). The molecule has 2 atom stereocenters. The number of amides is 1. The number of nitrogens with zero attached hydrogens (tertiary/aromatic N) is 2. The molecule has 1 saturated heterocycles. The van der Waals surface area contributed by atoms with Crippen molar-refractivity contribution in [3.63, 3.8) is 0 Å². The number of β-lactam (4-membered cyclic amide) rings is 1. The van der Waals surface area contributed by atoms with Gasteiger partial charge in [-0.25, -0.2) is 0 Å². The Bertz CT molecular complexity index is 597. The van der Waals surface area contributed by atoms with Crippen molar-refractivity contribution in [1.82, 2.24) is 9.88 Å².